The van der Waals surface area contributed by atoms with Gasteiger partial charge in [-0.15, -0.1) is 0 Å². The van der Waals surface area contributed by atoms with Gasteiger partial charge >= 0.3 is 0 Å². The zero-order valence-electron chi connectivity index (χ0n) is 21.9. The van der Waals surface area contributed by atoms with Crippen LogP contribution in [0.2, 0.25) is 0 Å². The molecular formula is C30H50O. The Kier molecular flexibility index (Phi) is 4.82. The summed E-state index contributed by atoms with van der Waals surface area (Å²) in [6.45, 7) is 20.5. The van der Waals surface area contributed by atoms with Crippen molar-refractivity contribution in [2.45, 2.75) is 126 Å². The third-order valence-corrected chi connectivity index (χ3v) is 13.5. The summed E-state index contributed by atoms with van der Waals surface area (Å²) >= 11 is 0. The number of allylic oxidation sites excluding steroid dienone is 2. The lowest BCUT2D eigenvalue weighted by atomic mass is 9.32. The van der Waals surface area contributed by atoms with Crippen molar-refractivity contribution in [2.24, 2.45) is 50.7 Å². The fourth-order valence-corrected chi connectivity index (χ4v) is 11.2. The SMILES string of the molecule is CC1=C(C)[C@@H]2[C@H]3CC[C@@H]4[C@@]5(C)CC[C@H](O)C(C)(C)[C@@H]5CC[C@@]4(C)[C@]3(C)CC[C@@]2(C)CC1. The molecule has 0 aromatic rings. The minimum atomic E-state index is -0.116. The van der Waals surface area contributed by atoms with Crippen LogP contribution in [-0.2, 0) is 0 Å². The van der Waals surface area contributed by atoms with Gasteiger partial charge in [-0.1, -0.05) is 52.7 Å². The van der Waals surface area contributed by atoms with E-state index in [0.29, 0.717) is 27.6 Å². The Morgan fingerprint density at radius 1 is 0.710 bits per heavy atom. The van der Waals surface area contributed by atoms with Crippen LogP contribution in [0.3, 0.4) is 0 Å². The highest BCUT2D eigenvalue weighted by Gasteiger charge is 2.69. The molecule has 5 rings (SSSR count). The van der Waals surface area contributed by atoms with Gasteiger partial charge in [0, 0.05) is 0 Å². The molecule has 5 aliphatic carbocycles. The second-order valence-corrected chi connectivity index (χ2v) is 14.6. The first kappa shape index (κ1) is 22.5. The molecule has 176 valence electrons. The third-order valence-electron chi connectivity index (χ3n) is 13.5. The Hall–Kier alpha value is -0.300. The fourth-order valence-electron chi connectivity index (χ4n) is 11.2. The molecule has 4 saturated carbocycles. The van der Waals surface area contributed by atoms with Gasteiger partial charge < -0.3 is 5.11 Å². The van der Waals surface area contributed by atoms with Gasteiger partial charge in [0.2, 0.25) is 0 Å². The van der Waals surface area contributed by atoms with E-state index in [1.807, 2.05) is 0 Å². The molecule has 0 saturated heterocycles. The summed E-state index contributed by atoms with van der Waals surface area (Å²) in [4.78, 5) is 0. The number of hydrogen-bond donors (Lipinski definition) is 1. The molecule has 0 spiro atoms. The maximum absolute atomic E-state index is 10.9. The van der Waals surface area contributed by atoms with E-state index in [1.54, 1.807) is 11.1 Å². The van der Waals surface area contributed by atoms with Crippen molar-refractivity contribution >= 4 is 0 Å². The first-order valence-electron chi connectivity index (χ1n) is 13.7. The van der Waals surface area contributed by atoms with Gasteiger partial charge in [-0.05, 0) is 129 Å². The molecule has 0 heterocycles. The maximum Gasteiger partial charge on any atom is 0.0594 e. The molecule has 1 heteroatoms. The van der Waals surface area contributed by atoms with Crippen LogP contribution >= 0.6 is 0 Å². The lowest BCUT2D eigenvalue weighted by Gasteiger charge is -2.73. The van der Waals surface area contributed by atoms with E-state index >= 15 is 0 Å². The first-order chi connectivity index (χ1) is 14.3. The van der Waals surface area contributed by atoms with Crippen LogP contribution in [-0.4, -0.2) is 11.2 Å². The van der Waals surface area contributed by atoms with E-state index < -0.39 is 0 Å². The van der Waals surface area contributed by atoms with E-state index in [-0.39, 0.29) is 11.5 Å². The second-order valence-electron chi connectivity index (χ2n) is 14.6. The number of hydrogen-bond acceptors (Lipinski definition) is 1. The van der Waals surface area contributed by atoms with Crippen LogP contribution in [0.1, 0.15) is 120 Å². The van der Waals surface area contributed by atoms with E-state index in [1.165, 1.54) is 57.8 Å². The molecule has 0 amide bonds. The summed E-state index contributed by atoms with van der Waals surface area (Å²) in [5, 5.41) is 10.9. The second kappa shape index (κ2) is 6.64. The molecule has 0 bridgehead atoms. The van der Waals surface area contributed by atoms with Crippen molar-refractivity contribution < 1.29 is 5.11 Å². The summed E-state index contributed by atoms with van der Waals surface area (Å²) in [5.74, 6) is 3.18. The minimum Gasteiger partial charge on any atom is -0.393 e. The summed E-state index contributed by atoms with van der Waals surface area (Å²) in [6, 6.07) is 0. The number of aliphatic hydroxyl groups excluding tert-OH is 1. The van der Waals surface area contributed by atoms with Gasteiger partial charge in [-0.3, -0.25) is 0 Å². The normalized spacial score (nSPS) is 56.2. The van der Waals surface area contributed by atoms with Gasteiger partial charge in [0.15, 0.2) is 0 Å². The highest BCUT2D eigenvalue weighted by molar-refractivity contribution is 5.27. The Morgan fingerprint density at radius 2 is 1.42 bits per heavy atom. The van der Waals surface area contributed by atoms with Crippen LogP contribution in [0.5, 0.6) is 0 Å². The standard InChI is InChI=1S/C30H50O/c1-19-11-14-27(5)17-18-29(7)21(25(27)20(19)2)9-10-23-28(6)15-13-24(31)26(3,4)22(28)12-16-30(23,29)8/h21-25,31H,9-18H2,1-8H3/t21-,22+,23-,24+,25-,27-,28+,29-,30-/m1/s1. The Bertz CT molecular complexity index is 792. The zero-order chi connectivity index (χ0) is 22.6. The predicted octanol–water partition coefficient (Wildman–Crippen LogP) is 8.17. The fraction of sp³-hybridized carbons (Fsp3) is 0.933. The molecular weight excluding hydrogens is 376 g/mol. The predicted molar refractivity (Wildman–Crippen MR) is 131 cm³/mol. The third kappa shape index (κ3) is 2.65. The van der Waals surface area contributed by atoms with Crippen molar-refractivity contribution in [1.29, 1.82) is 0 Å². The van der Waals surface area contributed by atoms with E-state index in [2.05, 4.69) is 55.4 Å². The van der Waals surface area contributed by atoms with Crippen molar-refractivity contribution in [1.82, 2.24) is 0 Å². The van der Waals surface area contributed by atoms with Crippen LogP contribution in [0.25, 0.3) is 0 Å². The van der Waals surface area contributed by atoms with Crippen LogP contribution in [0.4, 0.5) is 0 Å². The van der Waals surface area contributed by atoms with Crippen LogP contribution in [0, 0.1) is 50.7 Å². The molecule has 1 N–H and O–H groups in total. The molecule has 0 aliphatic heterocycles. The Morgan fingerprint density at radius 3 is 2.13 bits per heavy atom. The molecule has 0 aromatic carbocycles. The van der Waals surface area contributed by atoms with Gasteiger partial charge in [-0.25, -0.2) is 0 Å². The molecule has 31 heavy (non-hydrogen) atoms. The van der Waals surface area contributed by atoms with E-state index in [0.717, 1.165) is 24.2 Å². The smallest absolute Gasteiger partial charge is 0.0594 e. The lowest BCUT2D eigenvalue weighted by molar-refractivity contribution is -0.245. The van der Waals surface area contributed by atoms with Crippen molar-refractivity contribution in [2.75, 3.05) is 0 Å². The topological polar surface area (TPSA) is 20.2 Å². The highest BCUT2D eigenvalue weighted by Crippen LogP contribution is 2.76. The van der Waals surface area contributed by atoms with Crippen molar-refractivity contribution in [3.8, 4) is 0 Å². The minimum absolute atomic E-state index is 0.0665. The van der Waals surface area contributed by atoms with Gasteiger partial charge in [-0.2, -0.15) is 0 Å². The Balaban J connectivity index is 1.56. The summed E-state index contributed by atoms with van der Waals surface area (Å²) in [6.07, 6.45) is 13.3. The molecule has 1 nitrogen and oxygen atoms in total. The van der Waals surface area contributed by atoms with Crippen LogP contribution < -0.4 is 0 Å². The molecule has 9 atom stereocenters. The monoisotopic (exact) mass is 426 g/mol. The average Bonchev–Trinajstić information content (AvgIpc) is 2.69. The first-order valence-corrected chi connectivity index (χ1v) is 13.7. The molecule has 4 fully saturated rings. The lowest BCUT2D eigenvalue weighted by Crippen LogP contribution is -2.66. The number of rotatable bonds is 0. The summed E-state index contributed by atoms with van der Waals surface area (Å²) in [5.41, 5.74) is 5.40. The van der Waals surface area contributed by atoms with Gasteiger partial charge in [0.05, 0.1) is 6.10 Å². The molecule has 5 aliphatic rings. The largest absolute Gasteiger partial charge is 0.393 e. The average molecular weight is 427 g/mol. The Labute approximate surface area is 192 Å². The molecule has 0 aromatic heterocycles. The number of fused-ring (bicyclic) bond motifs is 7. The van der Waals surface area contributed by atoms with Crippen molar-refractivity contribution in [3.63, 3.8) is 0 Å². The highest BCUT2D eigenvalue weighted by atomic mass is 16.3. The van der Waals surface area contributed by atoms with Crippen LogP contribution in [0.15, 0.2) is 11.1 Å². The quantitative estimate of drug-likeness (QED) is 0.387. The van der Waals surface area contributed by atoms with Crippen molar-refractivity contribution in [3.05, 3.63) is 11.1 Å². The maximum atomic E-state index is 10.9. The van der Waals surface area contributed by atoms with Gasteiger partial charge in [0.1, 0.15) is 0 Å². The van der Waals surface area contributed by atoms with E-state index in [4.69, 9.17) is 0 Å². The molecule has 0 unspecified atom stereocenters. The zero-order valence-corrected chi connectivity index (χ0v) is 21.9. The molecule has 0 radical (unpaired) electrons. The van der Waals surface area contributed by atoms with Gasteiger partial charge in [0.25, 0.3) is 0 Å². The summed E-state index contributed by atoms with van der Waals surface area (Å²) in [7, 11) is 0. The number of aliphatic hydroxyl groups is 1. The van der Waals surface area contributed by atoms with E-state index in [9.17, 15) is 5.11 Å². The summed E-state index contributed by atoms with van der Waals surface area (Å²) < 4.78 is 0.